The van der Waals surface area contributed by atoms with Crippen LogP contribution in [0, 0.1) is 0 Å². The van der Waals surface area contributed by atoms with E-state index in [1.807, 2.05) is 54.6 Å². The van der Waals surface area contributed by atoms with Crippen LogP contribution in [0.1, 0.15) is 29.5 Å². The first-order valence-corrected chi connectivity index (χ1v) is 11.1. The van der Waals surface area contributed by atoms with Crippen molar-refractivity contribution < 1.29 is 19.1 Å². The van der Waals surface area contributed by atoms with Crippen molar-refractivity contribution in [2.45, 2.75) is 31.3 Å². The molecule has 7 nitrogen and oxygen atoms in total. The normalized spacial score (nSPS) is 17.6. The van der Waals surface area contributed by atoms with Gasteiger partial charge in [0.25, 0.3) is 0 Å². The number of ether oxygens (including phenoxy) is 1. The van der Waals surface area contributed by atoms with E-state index in [9.17, 15) is 14.4 Å². The topological polar surface area (TPSA) is 79.8 Å². The molecular weight excluding hydrogens is 430 g/mol. The SMILES string of the molecule is COc1cccc(CN(C)C(=O)C[C@]2(c3ccccc3)CC(=O)N(Cc3ccncc3)C2=O)c1. The van der Waals surface area contributed by atoms with E-state index in [2.05, 4.69) is 4.98 Å². The number of pyridine rings is 1. The number of hydrogen-bond donors (Lipinski definition) is 0. The Morgan fingerprint density at radius 1 is 1.03 bits per heavy atom. The third kappa shape index (κ3) is 4.69. The maximum atomic E-state index is 13.7. The standard InChI is InChI=1S/C27H27N3O4/c1-29(18-21-7-6-10-23(15-21)34-2)24(31)16-27(22-8-4-3-5-9-22)17-25(32)30(26(27)33)19-20-11-13-28-14-12-20/h3-15H,16-19H2,1-2H3/t27-/m1/s1. The highest BCUT2D eigenvalue weighted by Gasteiger charge is 2.53. The van der Waals surface area contributed by atoms with Crippen LogP contribution in [0.3, 0.4) is 0 Å². The molecule has 2 aromatic carbocycles. The van der Waals surface area contributed by atoms with Crippen LogP contribution in [0.25, 0.3) is 0 Å². The summed E-state index contributed by atoms with van der Waals surface area (Å²) < 4.78 is 5.27. The second kappa shape index (κ2) is 9.87. The van der Waals surface area contributed by atoms with Crippen LogP contribution in [-0.4, -0.2) is 46.7 Å². The quantitative estimate of drug-likeness (QED) is 0.485. The van der Waals surface area contributed by atoms with E-state index in [0.717, 1.165) is 11.1 Å². The van der Waals surface area contributed by atoms with Crippen LogP contribution < -0.4 is 4.74 Å². The maximum Gasteiger partial charge on any atom is 0.241 e. The van der Waals surface area contributed by atoms with Crippen molar-refractivity contribution in [3.8, 4) is 5.75 Å². The Morgan fingerprint density at radius 2 is 1.76 bits per heavy atom. The van der Waals surface area contributed by atoms with Gasteiger partial charge in [-0.1, -0.05) is 42.5 Å². The van der Waals surface area contributed by atoms with E-state index < -0.39 is 5.41 Å². The summed E-state index contributed by atoms with van der Waals surface area (Å²) in [4.78, 5) is 47.0. The molecule has 0 saturated carbocycles. The van der Waals surface area contributed by atoms with Gasteiger partial charge in [-0.15, -0.1) is 0 Å². The molecule has 0 N–H and O–H groups in total. The first-order chi connectivity index (χ1) is 16.4. The molecule has 4 rings (SSSR count). The summed E-state index contributed by atoms with van der Waals surface area (Å²) in [6.45, 7) is 0.520. The van der Waals surface area contributed by atoms with Crippen LogP contribution >= 0.6 is 0 Å². The second-order valence-electron chi connectivity index (χ2n) is 8.54. The fourth-order valence-electron chi connectivity index (χ4n) is 4.38. The van der Waals surface area contributed by atoms with Crippen LogP contribution in [0.4, 0.5) is 0 Å². The maximum absolute atomic E-state index is 13.7. The van der Waals surface area contributed by atoms with Crippen LogP contribution in [0.5, 0.6) is 5.75 Å². The molecule has 0 bridgehead atoms. The van der Waals surface area contributed by atoms with Gasteiger partial charge in [-0.3, -0.25) is 24.3 Å². The summed E-state index contributed by atoms with van der Waals surface area (Å²) in [6, 6.07) is 20.2. The molecule has 34 heavy (non-hydrogen) atoms. The minimum Gasteiger partial charge on any atom is -0.497 e. The Morgan fingerprint density at radius 3 is 2.47 bits per heavy atom. The molecule has 2 heterocycles. The summed E-state index contributed by atoms with van der Waals surface area (Å²) >= 11 is 0. The summed E-state index contributed by atoms with van der Waals surface area (Å²) in [5.41, 5.74) is 1.17. The van der Waals surface area contributed by atoms with Crippen molar-refractivity contribution in [2.24, 2.45) is 0 Å². The zero-order valence-corrected chi connectivity index (χ0v) is 19.3. The van der Waals surface area contributed by atoms with E-state index in [-0.39, 0.29) is 37.1 Å². The number of nitrogens with zero attached hydrogens (tertiary/aromatic N) is 3. The van der Waals surface area contributed by atoms with Gasteiger partial charge in [0.05, 0.1) is 19.1 Å². The third-order valence-electron chi connectivity index (χ3n) is 6.26. The zero-order chi connectivity index (χ0) is 24.1. The molecule has 0 aliphatic carbocycles. The Hall–Kier alpha value is -4.00. The Bertz CT molecular complexity index is 1180. The monoisotopic (exact) mass is 457 g/mol. The summed E-state index contributed by atoms with van der Waals surface area (Å²) in [7, 11) is 3.30. The summed E-state index contributed by atoms with van der Waals surface area (Å²) in [5.74, 6) is -0.126. The lowest BCUT2D eigenvalue weighted by Gasteiger charge is -2.29. The smallest absolute Gasteiger partial charge is 0.241 e. The number of benzene rings is 2. The second-order valence-corrected chi connectivity index (χ2v) is 8.54. The Kier molecular flexibility index (Phi) is 6.72. The largest absolute Gasteiger partial charge is 0.497 e. The molecule has 0 unspecified atom stereocenters. The lowest BCUT2D eigenvalue weighted by molar-refractivity contribution is -0.143. The molecule has 1 saturated heterocycles. The van der Waals surface area contributed by atoms with E-state index in [0.29, 0.717) is 17.9 Å². The molecule has 1 aliphatic heterocycles. The highest BCUT2D eigenvalue weighted by atomic mass is 16.5. The molecule has 1 aliphatic rings. The Labute approximate surface area is 199 Å². The third-order valence-corrected chi connectivity index (χ3v) is 6.26. The number of amides is 3. The van der Waals surface area contributed by atoms with Gasteiger partial charge in [-0.25, -0.2) is 0 Å². The number of carbonyl (C=O) groups is 3. The Balaban J connectivity index is 1.59. The minimum atomic E-state index is -1.23. The van der Waals surface area contributed by atoms with Crippen molar-refractivity contribution in [1.82, 2.24) is 14.8 Å². The van der Waals surface area contributed by atoms with E-state index in [4.69, 9.17) is 4.74 Å². The lowest BCUT2D eigenvalue weighted by atomic mass is 9.75. The van der Waals surface area contributed by atoms with E-state index >= 15 is 0 Å². The molecule has 3 aromatic rings. The van der Waals surface area contributed by atoms with Crippen molar-refractivity contribution in [1.29, 1.82) is 0 Å². The number of aromatic nitrogens is 1. The van der Waals surface area contributed by atoms with Gasteiger partial charge in [-0.05, 0) is 41.0 Å². The van der Waals surface area contributed by atoms with Gasteiger partial charge in [0.1, 0.15) is 5.75 Å². The zero-order valence-electron chi connectivity index (χ0n) is 19.3. The van der Waals surface area contributed by atoms with E-state index in [1.165, 1.54) is 4.90 Å². The van der Waals surface area contributed by atoms with Crippen molar-refractivity contribution in [3.63, 3.8) is 0 Å². The highest BCUT2D eigenvalue weighted by molar-refractivity contribution is 6.10. The number of carbonyl (C=O) groups excluding carboxylic acids is 3. The first-order valence-electron chi connectivity index (χ1n) is 11.1. The average Bonchev–Trinajstić information content (AvgIpc) is 3.10. The van der Waals surface area contributed by atoms with Gasteiger partial charge in [0.15, 0.2) is 0 Å². The summed E-state index contributed by atoms with van der Waals surface area (Å²) in [6.07, 6.45) is 3.12. The number of methoxy groups -OCH3 is 1. The van der Waals surface area contributed by atoms with Crippen LogP contribution in [-0.2, 0) is 32.9 Å². The minimum absolute atomic E-state index is 0.0420. The number of imide groups is 1. The van der Waals surface area contributed by atoms with Crippen molar-refractivity contribution in [3.05, 3.63) is 95.8 Å². The van der Waals surface area contributed by atoms with Gasteiger partial charge in [0.2, 0.25) is 17.7 Å². The fraction of sp³-hybridized carbons (Fsp3) is 0.259. The van der Waals surface area contributed by atoms with Gasteiger partial charge in [-0.2, -0.15) is 0 Å². The van der Waals surface area contributed by atoms with Crippen molar-refractivity contribution >= 4 is 17.7 Å². The molecule has 174 valence electrons. The molecule has 1 fully saturated rings. The van der Waals surface area contributed by atoms with Gasteiger partial charge >= 0.3 is 0 Å². The number of likely N-dealkylation sites (tertiary alicyclic amines) is 1. The average molecular weight is 458 g/mol. The highest BCUT2D eigenvalue weighted by Crippen LogP contribution is 2.41. The molecule has 0 spiro atoms. The lowest BCUT2D eigenvalue weighted by Crippen LogP contribution is -2.42. The van der Waals surface area contributed by atoms with Crippen LogP contribution in [0.2, 0.25) is 0 Å². The molecule has 3 amide bonds. The molecule has 1 atom stereocenters. The molecule has 1 aromatic heterocycles. The fourth-order valence-corrected chi connectivity index (χ4v) is 4.38. The van der Waals surface area contributed by atoms with Crippen molar-refractivity contribution in [2.75, 3.05) is 14.2 Å². The predicted octanol–water partition coefficient (Wildman–Crippen LogP) is 3.34. The molecule has 7 heteroatoms. The van der Waals surface area contributed by atoms with E-state index in [1.54, 1.807) is 43.6 Å². The molecular formula is C27H27N3O4. The first kappa shape index (κ1) is 23.2. The summed E-state index contributed by atoms with van der Waals surface area (Å²) in [5, 5.41) is 0. The molecule has 0 radical (unpaired) electrons. The van der Waals surface area contributed by atoms with Crippen LogP contribution in [0.15, 0.2) is 79.1 Å². The predicted molar refractivity (Wildman–Crippen MR) is 127 cm³/mol. The number of hydrogen-bond acceptors (Lipinski definition) is 5. The van der Waals surface area contributed by atoms with Gasteiger partial charge < -0.3 is 9.64 Å². The number of rotatable bonds is 8. The van der Waals surface area contributed by atoms with Gasteiger partial charge in [0, 0.05) is 38.8 Å².